The van der Waals surface area contributed by atoms with Crippen LogP contribution in [-0.2, 0) is 19.1 Å². The molecule has 0 aromatic heterocycles. The molecule has 0 radical (unpaired) electrons. The highest BCUT2D eigenvalue weighted by Crippen LogP contribution is 2.37. The second-order valence-electron chi connectivity index (χ2n) is 5.21. The first-order valence-corrected chi connectivity index (χ1v) is 5.66. The van der Waals surface area contributed by atoms with Crippen LogP contribution in [0.2, 0.25) is 0 Å². The highest BCUT2D eigenvalue weighted by molar-refractivity contribution is 6.14. The molecule has 1 rings (SSSR count). The lowest BCUT2D eigenvalue weighted by molar-refractivity contribution is -0.167. The molecule has 1 aliphatic rings. The van der Waals surface area contributed by atoms with Crippen LogP contribution in [0.15, 0.2) is 0 Å². The molecular weight excluding hydrogens is 224 g/mol. The average molecular weight is 242 g/mol. The van der Waals surface area contributed by atoms with Crippen molar-refractivity contribution in [2.24, 2.45) is 5.41 Å². The van der Waals surface area contributed by atoms with E-state index in [1.165, 1.54) is 0 Å². The van der Waals surface area contributed by atoms with Crippen LogP contribution in [0, 0.1) is 5.41 Å². The van der Waals surface area contributed by atoms with Crippen molar-refractivity contribution in [1.29, 1.82) is 0 Å². The summed E-state index contributed by atoms with van der Waals surface area (Å²) in [6.45, 7) is 5.35. The second-order valence-corrected chi connectivity index (χ2v) is 5.21. The Morgan fingerprint density at radius 3 is 2.18 bits per heavy atom. The molecule has 0 aromatic rings. The van der Waals surface area contributed by atoms with Crippen molar-refractivity contribution in [2.75, 3.05) is 6.61 Å². The summed E-state index contributed by atoms with van der Waals surface area (Å²) in [5.74, 6) is -1.91. The Hall–Kier alpha value is -1.23. The molecule has 1 aliphatic carbocycles. The first-order valence-electron chi connectivity index (χ1n) is 5.66. The van der Waals surface area contributed by atoms with Crippen molar-refractivity contribution in [3.8, 4) is 0 Å². The fourth-order valence-electron chi connectivity index (χ4n) is 2.00. The van der Waals surface area contributed by atoms with Crippen molar-refractivity contribution in [1.82, 2.24) is 0 Å². The maximum Gasteiger partial charge on any atom is 0.309 e. The Kier molecular flexibility index (Phi) is 3.71. The first-order chi connectivity index (χ1) is 7.71. The number of esters is 1. The number of ether oxygens (including phenoxy) is 1. The van der Waals surface area contributed by atoms with E-state index in [4.69, 9.17) is 0 Å². The van der Waals surface area contributed by atoms with E-state index in [0.717, 1.165) is 0 Å². The van der Waals surface area contributed by atoms with Crippen LogP contribution in [0.1, 0.15) is 40.0 Å². The molecule has 0 amide bonds. The second kappa shape index (κ2) is 4.56. The SMILES string of the molecule is CCOC(=O)CC1(O)C(=O)CC(C)(C)CC1=O. The largest absolute Gasteiger partial charge is 0.466 e. The van der Waals surface area contributed by atoms with Gasteiger partial charge in [-0.1, -0.05) is 13.8 Å². The zero-order valence-electron chi connectivity index (χ0n) is 10.4. The third-order valence-corrected chi connectivity index (χ3v) is 2.91. The smallest absolute Gasteiger partial charge is 0.309 e. The quantitative estimate of drug-likeness (QED) is 0.580. The average Bonchev–Trinajstić information content (AvgIpc) is 2.13. The molecule has 1 fully saturated rings. The molecule has 0 aromatic carbocycles. The van der Waals surface area contributed by atoms with Crippen molar-refractivity contribution in [3.63, 3.8) is 0 Å². The van der Waals surface area contributed by atoms with Crippen LogP contribution >= 0.6 is 0 Å². The van der Waals surface area contributed by atoms with Gasteiger partial charge in [-0.25, -0.2) is 0 Å². The van der Waals surface area contributed by atoms with E-state index < -0.39 is 35.0 Å². The van der Waals surface area contributed by atoms with Crippen molar-refractivity contribution >= 4 is 17.5 Å². The predicted octanol–water partition coefficient (Wildman–Crippen LogP) is 0.629. The van der Waals surface area contributed by atoms with Crippen LogP contribution in [0.3, 0.4) is 0 Å². The number of hydrogen-bond acceptors (Lipinski definition) is 5. The van der Waals surface area contributed by atoms with E-state index in [-0.39, 0.29) is 19.4 Å². The fraction of sp³-hybridized carbons (Fsp3) is 0.750. The Morgan fingerprint density at radius 2 is 1.76 bits per heavy atom. The van der Waals surface area contributed by atoms with Gasteiger partial charge in [0.05, 0.1) is 13.0 Å². The summed E-state index contributed by atoms with van der Waals surface area (Å²) in [4.78, 5) is 34.9. The summed E-state index contributed by atoms with van der Waals surface area (Å²) in [6, 6.07) is 0. The van der Waals surface area contributed by atoms with Gasteiger partial charge in [-0.3, -0.25) is 14.4 Å². The van der Waals surface area contributed by atoms with E-state index in [1.807, 2.05) is 0 Å². The monoisotopic (exact) mass is 242 g/mol. The molecule has 0 bridgehead atoms. The standard InChI is InChI=1S/C12H18O5/c1-4-17-10(15)7-12(16)8(13)5-11(2,3)6-9(12)14/h16H,4-7H2,1-3H3. The number of carbonyl (C=O) groups is 3. The highest BCUT2D eigenvalue weighted by atomic mass is 16.5. The molecule has 0 unspecified atom stereocenters. The van der Waals surface area contributed by atoms with Gasteiger partial charge in [0.15, 0.2) is 17.2 Å². The zero-order valence-corrected chi connectivity index (χ0v) is 10.4. The summed E-state index contributed by atoms with van der Waals surface area (Å²) < 4.78 is 4.66. The topological polar surface area (TPSA) is 80.7 Å². The molecule has 1 saturated carbocycles. The number of Topliss-reactive ketones (excluding diaryl/α,β-unsaturated/α-hetero) is 2. The maximum absolute atomic E-state index is 11.8. The molecule has 0 heterocycles. The van der Waals surface area contributed by atoms with Gasteiger partial charge in [-0.05, 0) is 12.3 Å². The Bertz CT molecular complexity index is 336. The molecular formula is C12H18O5. The Labute approximate surface area is 100 Å². The van der Waals surface area contributed by atoms with Gasteiger partial charge in [0, 0.05) is 12.8 Å². The highest BCUT2D eigenvalue weighted by Gasteiger charge is 2.52. The van der Waals surface area contributed by atoms with Gasteiger partial charge < -0.3 is 9.84 Å². The van der Waals surface area contributed by atoms with Gasteiger partial charge in [0.2, 0.25) is 0 Å². The van der Waals surface area contributed by atoms with Crippen molar-refractivity contribution in [3.05, 3.63) is 0 Å². The first kappa shape index (κ1) is 13.8. The van der Waals surface area contributed by atoms with E-state index in [9.17, 15) is 19.5 Å². The van der Waals surface area contributed by atoms with E-state index in [0.29, 0.717) is 0 Å². The Balaban J connectivity index is 2.85. The van der Waals surface area contributed by atoms with E-state index in [1.54, 1.807) is 20.8 Å². The maximum atomic E-state index is 11.8. The van der Waals surface area contributed by atoms with Crippen LogP contribution in [0.4, 0.5) is 0 Å². The van der Waals surface area contributed by atoms with Crippen LogP contribution < -0.4 is 0 Å². The van der Waals surface area contributed by atoms with Crippen LogP contribution in [-0.4, -0.2) is 34.9 Å². The van der Waals surface area contributed by atoms with Gasteiger partial charge >= 0.3 is 5.97 Å². The third-order valence-electron chi connectivity index (χ3n) is 2.91. The number of ketones is 2. The molecule has 0 spiro atoms. The normalized spacial score (nSPS) is 22.4. The molecule has 5 heteroatoms. The van der Waals surface area contributed by atoms with Crippen LogP contribution in [0.5, 0.6) is 0 Å². The Morgan fingerprint density at radius 1 is 1.29 bits per heavy atom. The van der Waals surface area contributed by atoms with Crippen LogP contribution in [0.25, 0.3) is 0 Å². The van der Waals surface area contributed by atoms with Gasteiger partial charge in [0.25, 0.3) is 0 Å². The van der Waals surface area contributed by atoms with Gasteiger partial charge in [-0.2, -0.15) is 0 Å². The molecule has 1 N–H and O–H groups in total. The predicted molar refractivity (Wildman–Crippen MR) is 59.2 cm³/mol. The third kappa shape index (κ3) is 2.91. The van der Waals surface area contributed by atoms with Gasteiger partial charge in [0.1, 0.15) is 0 Å². The minimum Gasteiger partial charge on any atom is -0.466 e. The molecule has 0 saturated heterocycles. The van der Waals surface area contributed by atoms with E-state index >= 15 is 0 Å². The van der Waals surface area contributed by atoms with Crippen molar-refractivity contribution in [2.45, 2.75) is 45.6 Å². The molecule has 0 atom stereocenters. The lowest BCUT2D eigenvalue weighted by Crippen LogP contribution is -2.54. The molecule has 0 aliphatic heterocycles. The summed E-state index contributed by atoms with van der Waals surface area (Å²) in [5, 5.41) is 10.0. The summed E-state index contributed by atoms with van der Waals surface area (Å²) >= 11 is 0. The van der Waals surface area contributed by atoms with Gasteiger partial charge in [-0.15, -0.1) is 0 Å². The van der Waals surface area contributed by atoms with Crippen molar-refractivity contribution < 1.29 is 24.2 Å². The number of hydrogen-bond donors (Lipinski definition) is 1. The number of rotatable bonds is 3. The zero-order chi connectivity index (χ0) is 13.3. The summed E-state index contributed by atoms with van der Waals surface area (Å²) in [7, 11) is 0. The molecule has 5 nitrogen and oxygen atoms in total. The molecule has 17 heavy (non-hydrogen) atoms. The summed E-state index contributed by atoms with van der Waals surface area (Å²) in [5.41, 5.74) is -2.63. The fourth-order valence-corrected chi connectivity index (χ4v) is 2.00. The lowest BCUT2D eigenvalue weighted by atomic mass is 9.68. The summed E-state index contributed by atoms with van der Waals surface area (Å²) in [6.07, 6.45) is -0.391. The number of aliphatic hydroxyl groups is 1. The minimum atomic E-state index is -2.18. The lowest BCUT2D eigenvalue weighted by Gasteiger charge is -2.36. The minimum absolute atomic E-state index is 0.0919. The number of carbonyl (C=O) groups excluding carboxylic acids is 3. The molecule has 96 valence electrons. The van der Waals surface area contributed by atoms with E-state index in [2.05, 4.69) is 4.74 Å².